The fourth-order valence-electron chi connectivity index (χ4n) is 4.39. The molecular formula is C16H19ClFN5O. The van der Waals surface area contributed by atoms with Crippen LogP contribution in [-0.2, 0) is 4.74 Å². The lowest BCUT2D eigenvalue weighted by Crippen LogP contribution is -2.39. The fourth-order valence-corrected chi connectivity index (χ4v) is 4.60. The van der Waals surface area contributed by atoms with Gasteiger partial charge in [0.15, 0.2) is 5.15 Å². The van der Waals surface area contributed by atoms with Crippen LogP contribution in [0.2, 0.25) is 5.15 Å². The first kappa shape index (κ1) is 14.8. The molecule has 2 aromatic rings. The predicted molar refractivity (Wildman–Crippen MR) is 87.1 cm³/mol. The number of aromatic nitrogens is 4. The first-order valence-corrected chi connectivity index (χ1v) is 8.96. The van der Waals surface area contributed by atoms with E-state index in [2.05, 4.69) is 20.4 Å². The zero-order valence-electron chi connectivity index (χ0n) is 13.2. The standard InChI is InChI=1S/C16H19ClFN5O/c17-14-13-6-19-16(20-12-1-2-24-7-11(12)18)22-23(13)15(21-14)10-5-8-3-9(10)4-8/h6,8-12H,1-5,7H2,(H,20,22)/t8?,9?,10?,11-,12-/m1/s1. The quantitative estimate of drug-likeness (QED) is 0.921. The van der Waals surface area contributed by atoms with E-state index in [1.54, 1.807) is 10.7 Å². The first-order valence-electron chi connectivity index (χ1n) is 8.58. The molecule has 0 amide bonds. The van der Waals surface area contributed by atoms with Crippen LogP contribution in [0.4, 0.5) is 10.3 Å². The molecule has 0 radical (unpaired) electrons. The smallest absolute Gasteiger partial charge is 0.241 e. The van der Waals surface area contributed by atoms with Crippen molar-refractivity contribution < 1.29 is 9.13 Å². The largest absolute Gasteiger partial charge is 0.378 e. The van der Waals surface area contributed by atoms with E-state index in [1.165, 1.54) is 19.3 Å². The highest BCUT2D eigenvalue weighted by molar-refractivity contribution is 6.32. The molecule has 3 heterocycles. The van der Waals surface area contributed by atoms with Gasteiger partial charge in [0.25, 0.3) is 0 Å². The van der Waals surface area contributed by atoms with Gasteiger partial charge in [-0.05, 0) is 37.5 Å². The maximum absolute atomic E-state index is 14.0. The number of alkyl halides is 1. The van der Waals surface area contributed by atoms with Gasteiger partial charge in [-0.3, -0.25) is 0 Å². The lowest BCUT2D eigenvalue weighted by Gasteiger charge is -2.26. The molecule has 6 rings (SSSR count). The summed E-state index contributed by atoms with van der Waals surface area (Å²) in [6.45, 7) is 0.667. The van der Waals surface area contributed by atoms with Crippen molar-refractivity contribution >= 4 is 23.1 Å². The summed E-state index contributed by atoms with van der Waals surface area (Å²) in [5.74, 6) is 3.30. The maximum Gasteiger partial charge on any atom is 0.241 e. The van der Waals surface area contributed by atoms with Crippen molar-refractivity contribution in [1.29, 1.82) is 0 Å². The van der Waals surface area contributed by atoms with Crippen molar-refractivity contribution in [3.63, 3.8) is 0 Å². The van der Waals surface area contributed by atoms with E-state index in [1.807, 2.05) is 0 Å². The van der Waals surface area contributed by atoms with Gasteiger partial charge in [-0.1, -0.05) is 11.6 Å². The summed E-state index contributed by atoms with van der Waals surface area (Å²) >= 11 is 6.28. The molecule has 2 bridgehead atoms. The molecule has 1 aliphatic heterocycles. The molecule has 0 aromatic carbocycles. The Morgan fingerprint density at radius 3 is 2.96 bits per heavy atom. The normalized spacial score (nSPS) is 35.2. The average Bonchev–Trinajstić information content (AvgIpc) is 3.22. The minimum absolute atomic E-state index is 0.118. The summed E-state index contributed by atoms with van der Waals surface area (Å²) in [5, 5.41) is 8.10. The highest BCUT2D eigenvalue weighted by Crippen LogP contribution is 2.56. The Kier molecular flexibility index (Phi) is 3.42. The third kappa shape index (κ3) is 2.29. The summed E-state index contributed by atoms with van der Waals surface area (Å²) in [6.07, 6.45) is 4.97. The molecule has 6 nitrogen and oxygen atoms in total. The monoisotopic (exact) mass is 351 g/mol. The van der Waals surface area contributed by atoms with Gasteiger partial charge in [0, 0.05) is 12.5 Å². The summed E-state index contributed by atoms with van der Waals surface area (Å²) in [5.41, 5.74) is 0.713. The Balaban J connectivity index is 1.48. The zero-order valence-corrected chi connectivity index (χ0v) is 13.9. The molecule has 4 fully saturated rings. The number of nitrogens with zero attached hydrogens (tertiary/aromatic N) is 4. The van der Waals surface area contributed by atoms with Crippen molar-refractivity contribution in [2.75, 3.05) is 18.5 Å². The van der Waals surface area contributed by atoms with Crippen LogP contribution in [0.5, 0.6) is 0 Å². The first-order chi connectivity index (χ1) is 11.7. The van der Waals surface area contributed by atoms with Crippen LogP contribution in [0, 0.1) is 11.8 Å². The van der Waals surface area contributed by atoms with Crippen LogP contribution in [0.1, 0.15) is 37.4 Å². The Bertz CT molecular complexity index is 777. The number of hydrogen-bond donors (Lipinski definition) is 1. The van der Waals surface area contributed by atoms with E-state index in [0.29, 0.717) is 41.5 Å². The highest BCUT2D eigenvalue weighted by atomic mass is 35.5. The second-order valence-corrected chi connectivity index (χ2v) is 7.57. The van der Waals surface area contributed by atoms with Gasteiger partial charge in [0.1, 0.15) is 17.5 Å². The molecule has 3 atom stereocenters. The second kappa shape index (κ2) is 5.52. The lowest BCUT2D eigenvalue weighted by atomic mass is 9.82. The zero-order chi connectivity index (χ0) is 16.3. The number of halogens is 2. The molecular weight excluding hydrogens is 333 g/mol. The molecule has 24 heavy (non-hydrogen) atoms. The second-order valence-electron chi connectivity index (χ2n) is 7.21. The average molecular weight is 352 g/mol. The summed E-state index contributed by atoms with van der Waals surface area (Å²) in [7, 11) is 0. The van der Waals surface area contributed by atoms with Gasteiger partial charge in [0.05, 0.1) is 18.8 Å². The molecule has 4 aliphatic rings. The van der Waals surface area contributed by atoms with Gasteiger partial charge >= 0.3 is 0 Å². The third-order valence-electron chi connectivity index (χ3n) is 5.73. The van der Waals surface area contributed by atoms with E-state index in [0.717, 1.165) is 11.7 Å². The SMILES string of the molecule is F[C@@H]1COCC[C@H]1Nc1ncc2c(Cl)nc(C3CC4CC3C4)n2n1. The lowest BCUT2D eigenvalue weighted by molar-refractivity contribution is 0.0284. The summed E-state index contributed by atoms with van der Waals surface area (Å²) < 4.78 is 20.9. The Morgan fingerprint density at radius 1 is 1.33 bits per heavy atom. The Hall–Kier alpha value is -1.47. The highest BCUT2D eigenvalue weighted by Gasteiger charge is 2.46. The van der Waals surface area contributed by atoms with Crippen LogP contribution in [0.15, 0.2) is 6.20 Å². The minimum Gasteiger partial charge on any atom is -0.378 e. The van der Waals surface area contributed by atoms with Gasteiger partial charge in [0.2, 0.25) is 5.95 Å². The van der Waals surface area contributed by atoms with Gasteiger partial charge in [-0.15, -0.1) is 5.10 Å². The van der Waals surface area contributed by atoms with Crippen LogP contribution >= 0.6 is 11.6 Å². The van der Waals surface area contributed by atoms with Gasteiger partial charge < -0.3 is 10.1 Å². The van der Waals surface area contributed by atoms with Crippen molar-refractivity contribution in [1.82, 2.24) is 19.6 Å². The molecule has 1 saturated heterocycles. The molecule has 1 unspecified atom stereocenters. The van der Waals surface area contributed by atoms with Crippen LogP contribution in [-0.4, -0.2) is 45.0 Å². The minimum atomic E-state index is -1.05. The van der Waals surface area contributed by atoms with E-state index < -0.39 is 6.17 Å². The van der Waals surface area contributed by atoms with Crippen LogP contribution < -0.4 is 5.32 Å². The summed E-state index contributed by atoms with van der Waals surface area (Å²) in [6, 6.07) is -0.321. The number of ether oxygens (including phenoxy) is 1. The van der Waals surface area contributed by atoms with Crippen molar-refractivity contribution in [2.45, 2.75) is 43.8 Å². The topological polar surface area (TPSA) is 64.3 Å². The predicted octanol–water partition coefficient (Wildman–Crippen LogP) is 2.83. The van der Waals surface area contributed by atoms with Crippen molar-refractivity contribution in [3.05, 3.63) is 17.2 Å². The van der Waals surface area contributed by atoms with Gasteiger partial charge in [-0.25, -0.2) is 18.9 Å². The van der Waals surface area contributed by atoms with E-state index in [9.17, 15) is 4.39 Å². The number of anilines is 1. The third-order valence-corrected chi connectivity index (χ3v) is 6.01. The molecule has 3 saturated carbocycles. The molecule has 128 valence electrons. The van der Waals surface area contributed by atoms with Crippen molar-refractivity contribution in [2.24, 2.45) is 11.8 Å². The van der Waals surface area contributed by atoms with E-state index in [4.69, 9.17) is 16.3 Å². The number of rotatable bonds is 3. The number of imidazole rings is 1. The van der Waals surface area contributed by atoms with Gasteiger partial charge in [-0.2, -0.15) is 0 Å². The Morgan fingerprint density at radius 2 is 2.21 bits per heavy atom. The number of hydrogen-bond acceptors (Lipinski definition) is 5. The fraction of sp³-hybridized carbons (Fsp3) is 0.688. The molecule has 2 aromatic heterocycles. The molecule has 3 aliphatic carbocycles. The summed E-state index contributed by atoms with van der Waals surface area (Å²) in [4.78, 5) is 8.85. The van der Waals surface area contributed by atoms with Crippen LogP contribution in [0.25, 0.3) is 5.52 Å². The van der Waals surface area contributed by atoms with Crippen LogP contribution in [0.3, 0.4) is 0 Å². The van der Waals surface area contributed by atoms with E-state index >= 15 is 0 Å². The number of fused-ring (bicyclic) bond motifs is 2. The number of nitrogens with one attached hydrogen (secondary N) is 1. The molecule has 0 spiro atoms. The van der Waals surface area contributed by atoms with Crippen molar-refractivity contribution in [3.8, 4) is 0 Å². The molecule has 8 heteroatoms. The maximum atomic E-state index is 14.0. The van der Waals surface area contributed by atoms with E-state index in [-0.39, 0.29) is 12.6 Å². The molecule has 1 N–H and O–H groups in total. The Labute approximate surface area is 143 Å².